The molecule has 0 aliphatic carbocycles. The fourth-order valence-electron chi connectivity index (χ4n) is 4.01. The van der Waals surface area contributed by atoms with E-state index in [-0.39, 0.29) is 17.0 Å². The molecule has 0 saturated heterocycles. The summed E-state index contributed by atoms with van der Waals surface area (Å²) < 4.78 is 18.2. The molecule has 162 valence electrons. The first-order valence-electron chi connectivity index (χ1n) is 10.1. The second-order valence-corrected chi connectivity index (χ2v) is 7.48. The van der Waals surface area contributed by atoms with Crippen molar-refractivity contribution in [3.05, 3.63) is 98.8 Å². The lowest BCUT2D eigenvalue weighted by Crippen LogP contribution is -2.33. The molecule has 0 radical (unpaired) electrons. The highest BCUT2D eigenvalue weighted by Crippen LogP contribution is 2.42. The molecule has 1 aromatic heterocycles. The summed E-state index contributed by atoms with van der Waals surface area (Å²) in [6.07, 6.45) is 0. The molecule has 0 unspecified atom stereocenters. The number of rotatable bonds is 5. The predicted octanol–water partition coefficient (Wildman–Crippen LogP) is 3.44. The van der Waals surface area contributed by atoms with E-state index >= 15 is 0 Å². The number of nitriles is 1. The molecule has 1 aliphatic heterocycles. The van der Waals surface area contributed by atoms with Crippen LogP contribution in [0.15, 0.2) is 70.8 Å². The van der Waals surface area contributed by atoms with E-state index in [0.717, 1.165) is 11.3 Å². The number of allylic oxidation sites excluding steroid dienone is 1. The fourth-order valence-corrected chi connectivity index (χ4v) is 4.01. The Bertz CT molecular complexity index is 1300. The van der Waals surface area contributed by atoms with Crippen LogP contribution in [-0.4, -0.2) is 18.8 Å². The minimum absolute atomic E-state index is 0.0144. The summed E-state index contributed by atoms with van der Waals surface area (Å²) in [5.41, 5.74) is 8.81. The number of nitrogens with zero attached hydrogens (tertiary/aromatic N) is 2. The van der Waals surface area contributed by atoms with Crippen molar-refractivity contribution in [1.29, 1.82) is 5.26 Å². The number of hydrogen-bond donors (Lipinski definition) is 1. The summed E-state index contributed by atoms with van der Waals surface area (Å²) in [5, 5.41) is 9.86. The van der Waals surface area contributed by atoms with Gasteiger partial charge in [-0.25, -0.2) is 0 Å². The molecule has 0 spiro atoms. The summed E-state index contributed by atoms with van der Waals surface area (Å²) in [6.45, 7) is 2.25. The van der Waals surface area contributed by atoms with Gasteiger partial charge in [-0.2, -0.15) is 5.26 Å². The zero-order valence-corrected chi connectivity index (χ0v) is 18.1. The van der Waals surface area contributed by atoms with Gasteiger partial charge in [-0.05, 0) is 30.2 Å². The second-order valence-electron chi connectivity index (χ2n) is 7.48. The van der Waals surface area contributed by atoms with Crippen LogP contribution in [-0.2, 0) is 6.54 Å². The maximum absolute atomic E-state index is 13.7. The zero-order chi connectivity index (χ0) is 22.8. The van der Waals surface area contributed by atoms with Crippen molar-refractivity contribution in [3.8, 4) is 23.3 Å². The molecule has 7 nitrogen and oxygen atoms in total. The third kappa shape index (κ3) is 3.56. The molecular formula is C25H23N3O4. The number of aromatic nitrogens is 1. The molecular weight excluding hydrogens is 406 g/mol. The number of fused-ring (bicyclic) bond motifs is 1. The van der Waals surface area contributed by atoms with E-state index in [4.69, 9.17) is 19.9 Å². The predicted molar refractivity (Wildman–Crippen MR) is 120 cm³/mol. The number of pyridine rings is 1. The summed E-state index contributed by atoms with van der Waals surface area (Å²) in [6, 6.07) is 18.9. The first kappa shape index (κ1) is 21.1. The van der Waals surface area contributed by atoms with E-state index in [2.05, 4.69) is 6.07 Å². The Morgan fingerprint density at radius 3 is 2.47 bits per heavy atom. The van der Waals surface area contributed by atoms with Crippen molar-refractivity contribution in [2.45, 2.75) is 19.4 Å². The lowest BCUT2D eigenvalue weighted by Gasteiger charge is -2.27. The number of ether oxygens (including phenoxy) is 3. The van der Waals surface area contributed by atoms with Gasteiger partial charge in [0.2, 0.25) is 5.88 Å². The van der Waals surface area contributed by atoms with Gasteiger partial charge >= 0.3 is 0 Å². The molecule has 3 aromatic rings. The molecule has 0 bridgehead atoms. The Morgan fingerprint density at radius 2 is 1.81 bits per heavy atom. The Labute approximate surface area is 185 Å². The van der Waals surface area contributed by atoms with Gasteiger partial charge < -0.3 is 24.5 Å². The SMILES string of the molecule is COc1ccc([C@H]2C(C#N)=C(N)Oc3cc(C)n(Cc4ccccc4)c(=O)c32)cc1OC. The Morgan fingerprint density at radius 1 is 1.09 bits per heavy atom. The van der Waals surface area contributed by atoms with Crippen molar-refractivity contribution in [2.24, 2.45) is 5.73 Å². The van der Waals surface area contributed by atoms with Gasteiger partial charge in [0.05, 0.1) is 32.2 Å². The molecule has 0 amide bonds. The van der Waals surface area contributed by atoms with Gasteiger partial charge in [0, 0.05) is 11.8 Å². The molecule has 1 aliphatic rings. The second kappa shape index (κ2) is 8.52. The van der Waals surface area contributed by atoms with Crippen LogP contribution in [0.25, 0.3) is 0 Å². The van der Waals surface area contributed by atoms with Gasteiger partial charge in [0.25, 0.3) is 5.56 Å². The van der Waals surface area contributed by atoms with E-state index in [1.54, 1.807) is 35.9 Å². The van der Waals surface area contributed by atoms with Gasteiger partial charge in [-0.15, -0.1) is 0 Å². The average molecular weight is 429 g/mol. The zero-order valence-electron chi connectivity index (χ0n) is 18.1. The summed E-state index contributed by atoms with van der Waals surface area (Å²) in [7, 11) is 3.08. The summed E-state index contributed by atoms with van der Waals surface area (Å²) in [4.78, 5) is 13.7. The molecule has 2 heterocycles. The minimum atomic E-state index is -0.696. The molecule has 0 saturated carbocycles. The Hall–Kier alpha value is -4.18. The standard InChI is InChI=1S/C25H23N3O4/c1-15-11-21-23(25(29)28(15)14-16-7-5-4-6-8-16)22(18(13-26)24(27)32-21)17-9-10-19(30-2)20(12-17)31-3/h4-12,22H,14,27H2,1-3H3/t22-/m0/s1. The molecule has 32 heavy (non-hydrogen) atoms. The highest BCUT2D eigenvalue weighted by molar-refractivity contribution is 5.57. The highest BCUT2D eigenvalue weighted by Gasteiger charge is 2.34. The minimum Gasteiger partial charge on any atom is -0.493 e. The number of methoxy groups -OCH3 is 2. The van der Waals surface area contributed by atoms with Crippen molar-refractivity contribution >= 4 is 0 Å². The van der Waals surface area contributed by atoms with Gasteiger partial charge in [-0.1, -0.05) is 36.4 Å². The molecule has 7 heteroatoms. The molecule has 2 aromatic carbocycles. The van der Waals surface area contributed by atoms with E-state index in [1.165, 1.54) is 7.11 Å². The maximum Gasteiger partial charge on any atom is 0.259 e. The van der Waals surface area contributed by atoms with Crippen LogP contribution in [0.4, 0.5) is 0 Å². The monoisotopic (exact) mass is 429 g/mol. The first-order chi connectivity index (χ1) is 15.5. The number of nitrogens with two attached hydrogens (primary N) is 1. The summed E-state index contributed by atoms with van der Waals surface area (Å²) in [5.74, 6) is 0.682. The van der Waals surface area contributed by atoms with Gasteiger partial charge in [0.1, 0.15) is 17.4 Å². The molecule has 0 fully saturated rings. The van der Waals surface area contributed by atoms with Crippen LogP contribution < -0.4 is 25.5 Å². The van der Waals surface area contributed by atoms with E-state index in [1.807, 2.05) is 37.3 Å². The van der Waals surface area contributed by atoms with Crippen molar-refractivity contribution < 1.29 is 14.2 Å². The van der Waals surface area contributed by atoms with Crippen LogP contribution >= 0.6 is 0 Å². The van der Waals surface area contributed by atoms with Crippen molar-refractivity contribution in [1.82, 2.24) is 4.57 Å². The highest BCUT2D eigenvalue weighted by atomic mass is 16.5. The number of benzene rings is 2. The van der Waals surface area contributed by atoms with E-state index in [9.17, 15) is 10.1 Å². The lowest BCUT2D eigenvalue weighted by molar-refractivity contribution is 0.354. The normalized spacial score (nSPS) is 14.9. The maximum atomic E-state index is 13.7. The summed E-state index contributed by atoms with van der Waals surface area (Å²) >= 11 is 0. The van der Waals surface area contributed by atoms with Crippen LogP contribution in [0.5, 0.6) is 17.2 Å². The third-order valence-corrected chi connectivity index (χ3v) is 5.61. The first-order valence-corrected chi connectivity index (χ1v) is 10.1. The quantitative estimate of drug-likeness (QED) is 0.667. The van der Waals surface area contributed by atoms with Crippen LogP contribution in [0, 0.1) is 18.3 Å². The van der Waals surface area contributed by atoms with E-state index < -0.39 is 5.92 Å². The Balaban J connectivity index is 1.93. The third-order valence-electron chi connectivity index (χ3n) is 5.61. The molecule has 1 atom stereocenters. The average Bonchev–Trinajstić information content (AvgIpc) is 2.81. The van der Waals surface area contributed by atoms with Crippen molar-refractivity contribution in [3.63, 3.8) is 0 Å². The lowest BCUT2D eigenvalue weighted by atomic mass is 9.84. The van der Waals surface area contributed by atoms with Crippen molar-refractivity contribution in [2.75, 3.05) is 14.2 Å². The fraction of sp³-hybridized carbons (Fsp3) is 0.200. The van der Waals surface area contributed by atoms with Gasteiger partial charge in [-0.3, -0.25) is 4.79 Å². The molecule has 2 N–H and O–H groups in total. The smallest absolute Gasteiger partial charge is 0.259 e. The molecule has 4 rings (SSSR count). The largest absolute Gasteiger partial charge is 0.493 e. The van der Waals surface area contributed by atoms with E-state index in [0.29, 0.717) is 34.9 Å². The Kier molecular flexibility index (Phi) is 5.61. The van der Waals surface area contributed by atoms with Crippen LogP contribution in [0.3, 0.4) is 0 Å². The van der Waals surface area contributed by atoms with Crippen LogP contribution in [0.1, 0.15) is 28.3 Å². The number of aryl methyl sites for hydroxylation is 1. The number of hydrogen-bond acceptors (Lipinski definition) is 6. The van der Waals surface area contributed by atoms with Gasteiger partial charge in [0.15, 0.2) is 11.5 Å². The van der Waals surface area contributed by atoms with Crippen LogP contribution in [0.2, 0.25) is 0 Å². The topological polar surface area (TPSA) is 99.5 Å².